The second-order valence-corrected chi connectivity index (χ2v) is 8.18. The van der Waals surface area contributed by atoms with Gasteiger partial charge < -0.3 is 9.64 Å². The van der Waals surface area contributed by atoms with Crippen molar-refractivity contribution in [1.29, 1.82) is 0 Å². The number of alkyl halides is 3. The topological polar surface area (TPSA) is 50.6 Å². The van der Waals surface area contributed by atoms with Crippen LogP contribution in [0.15, 0.2) is 36.5 Å². The van der Waals surface area contributed by atoms with Gasteiger partial charge in [-0.3, -0.25) is 9.69 Å². The van der Waals surface area contributed by atoms with Crippen molar-refractivity contribution in [3.63, 3.8) is 0 Å². The Morgan fingerprint density at radius 2 is 1.83 bits per heavy atom. The molecule has 0 aliphatic carbocycles. The maximum Gasteiger partial charge on any atom is 0.416 e. The van der Waals surface area contributed by atoms with Gasteiger partial charge in [-0.1, -0.05) is 0 Å². The van der Waals surface area contributed by atoms with Crippen molar-refractivity contribution in [2.45, 2.75) is 45.1 Å². The molecule has 6 nitrogen and oxygen atoms in total. The first-order valence-electron chi connectivity index (χ1n) is 9.33. The number of halogens is 3. The van der Waals surface area contributed by atoms with Crippen molar-refractivity contribution in [3.05, 3.63) is 42.1 Å². The Bertz CT molecular complexity index is 856. The van der Waals surface area contributed by atoms with E-state index >= 15 is 0 Å². The fraction of sp³-hybridized carbons (Fsp3) is 0.500. The largest absolute Gasteiger partial charge is 0.459 e. The lowest BCUT2D eigenvalue weighted by molar-refractivity contribution is -0.156. The summed E-state index contributed by atoms with van der Waals surface area (Å²) < 4.78 is 45.8. The first kappa shape index (κ1) is 21.2. The molecular formula is C20H25F3N4O2. The van der Waals surface area contributed by atoms with Crippen molar-refractivity contribution >= 4 is 17.5 Å². The first-order chi connectivity index (χ1) is 13.4. The highest BCUT2D eigenvalue weighted by molar-refractivity contribution is 5.72. The third kappa shape index (κ3) is 5.09. The number of fused-ring (bicyclic) bond motifs is 1. The van der Waals surface area contributed by atoms with E-state index in [9.17, 15) is 18.0 Å². The number of carbonyl (C=O) groups excluding carboxylic acids is 1. The number of benzene rings is 1. The number of carbonyl (C=O) groups is 1. The van der Waals surface area contributed by atoms with Crippen LogP contribution in [0.5, 0.6) is 0 Å². The molecule has 1 atom stereocenters. The number of ether oxygens (including phenoxy) is 1. The Kier molecular flexibility index (Phi) is 5.62. The minimum atomic E-state index is -4.38. The first-order valence-corrected chi connectivity index (χ1v) is 9.33. The third-order valence-electron chi connectivity index (χ3n) is 4.68. The van der Waals surface area contributed by atoms with Gasteiger partial charge in [0, 0.05) is 24.3 Å². The predicted molar refractivity (Wildman–Crippen MR) is 103 cm³/mol. The average molecular weight is 410 g/mol. The van der Waals surface area contributed by atoms with Crippen molar-refractivity contribution < 1.29 is 22.7 Å². The van der Waals surface area contributed by atoms with Crippen LogP contribution in [0.25, 0.3) is 0 Å². The van der Waals surface area contributed by atoms with Gasteiger partial charge in [-0.2, -0.15) is 18.3 Å². The molecule has 1 aromatic heterocycles. The molecule has 1 unspecified atom stereocenters. The van der Waals surface area contributed by atoms with Crippen LogP contribution >= 0.6 is 0 Å². The molecule has 2 heterocycles. The lowest BCUT2D eigenvalue weighted by Crippen LogP contribution is -2.49. The van der Waals surface area contributed by atoms with Gasteiger partial charge >= 0.3 is 12.1 Å². The van der Waals surface area contributed by atoms with Crippen molar-refractivity contribution in [3.8, 4) is 0 Å². The van der Waals surface area contributed by atoms with Crippen LogP contribution < -0.4 is 4.90 Å². The van der Waals surface area contributed by atoms with E-state index in [1.54, 1.807) is 10.9 Å². The molecule has 2 aromatic rings. The maximum atomic E-state index is 12.9. The van der Waals surface area contributed by atoms with Crippen LogP contribution in [0.3, 0.4) is 0 Å². The van der Waals surface area contributed by atoms with Crippen LogP contribution in [-0.2, 0) is 22.3 Å². The van der Waals surface area contributed by atoms with Gasteiger partial charge in [-0.05, 0) is 52.1 Å². The molecule has 29 heavy (non-hydrogen) atoms. The zero-order valence-electron chi connectivity index (χ0n) is 16.9. The summed E-state index contributed by atoms with van der Waals surface area (Å²) in [6.07, 6.45) is -2.72. The second kappa shape index (κ2) is 7.70. The number of rotatable bonds is 4. The van der Waals surface area contributed by atoms with E-state index in [1.165, 1.54) is 12.1 Å². The van der Waals surface area contributed by atoms with Crippen molar-refractivity contribution in [2.24, 2.45) is 0 Å². The summed E-state index contributed by atoms with van der Waals surface area (Å²) in [5, 5.41) is 4.31. The number of nitrogens with zero attached hydrogens (tertiary/aromatic N) is 4. The molecule has 0 saturated carbocycles. The van der Waals surface area contributed by atoms with Crippen LogP contribution in [0, 0.1) is 0 Å². The smallest absolute Gasteiger partial charge is 0.416 e. The number of hydrogen-bond donors (Lipinski definition) is 0. The van der Waals surface area contributed by atoms with Gasteiger partial charge in [0.1, 0.15) is 11.4 Å². The van der Waals surface area contributed by atoms with E-state index in [0.717, 1.165) is 18.0 Å². The van der Waals surface area contributed by atoms with E-state index in [0.29, 0.717) is 18.8 Å². The highest BCUT2D eigenvalue weighted by Gasteiger charge is 2.32. The summed E-state index contributed by atoms with van der Waals surface area (Å²) >= 11 is 0. The summed E-state index contributed by atoms with van der Waals surface area (Å²) in [6.45, 7) is 6.63. The van der Waals surface area contributed by atoms with Gasteiger partial charge in [0.25, 0.3) is 0 Å². The number of anilines is 2. The average Bonchev–Trinajstić information content (AvgIpc) is 3.07. The van der Waals surface area contributed by atoms with E-state index < -0.39 is 17.3 Å². The van der Waals surface area contributed by atoms with Crippen LogP contribution in [-0.4, -0.2) is 52.4 Å². The van der Waals surface area contributed by atoms with Gasteiger partial charge in [0.15, 0.2) is 0 Å². The van der Waals surface area contributed by atoms with Crippen molar-refractivity contribution in [2.75, 3.05) is 25.0 Å². The predicted octanol–water partition coefficient (Wildman–Crippen LogP) is 3.70. The van der Waals surface area contributed by atoms with Crippen LogP contribution in [0.1, 0.15) is 26.3 Å². The summed E-state index contributed by atoms with van der Waals surface area (Å²) in [7, 11) is 1.83. The molecule has 1 aliphatic heterocycles. The van der Waals surface area contributed by atoms with E-state index in [-0.39, 0.29) is 18.6 Å². The van der Waals surface area contributed by atoms with Gasteiger partial charge in [0.2, 0.25) is 0 Å². The molecule has 0 fully saturated rings. The molecular weight excluding hydrogens is 385 g/mol. The summed E-state index contributed by atoms with van der Waals surface area (Å²) in [4.78, 5) is 16.0. The Morgan fingerprint density at radius 3 is 2.41 bits per heavy atom. The summed E-state index contributed by atoms with van der Waals surface area (Å²) in [6, 6.07) is 6.81. The zero-order chi connectivity index (χ0) is 21.4. The molecule has 1 aromatic carbocycles. The quantitative estimate of drug-likeness (QED) is 0.720. The SMILES string of the molecule is CN(CC(=O)OC(C)(C)C)C1CN(c2ccc(C(F)(F)F)cc2)c2ccnn2C1. The third-order valence-corrected chi connectivity index (χ3v) is 4.68. The van der Waals surface area contributed by atoms with Gasteiger partial charge in [-0.15, -0.1) is 0 Å². The number of likely N-dealkylation sites (N-methyl/N-ethyl adjacent to an activating group) is 1. The molecule has 1 aliphatic rings. The molecule has 0 bridgehead atoms. The maximum absolute atomic E-state index is 12.9. The summed E-state index contributed by atoms with van der Waals surface area (Å²) in [5.74, 6) is 0.471. The molecule has 158 valence electrons. The lowest BCUT2D eigenvalue weighted by atomic mass is 10.1. The van der Waals surface area contributed by atoms with E-state index in [2.05, 4.69) is 5.10 Å². The van der Waals surface area contributed by atoms with Crippen LogP contribution in [0.2, 0.25) is 0 Å². The van der Waals surface area contributed by atoms with Gasteiger partial charge in [0.05, 0.1) is 24.8 Å². The molecule has 9 heteroatoms. The highest BCUT2D eigenvalue weighted by atomic mass is 19.4. The number of aromatic nitrogens is 2. The molecule has 0 N–H and O–H groups in total. The van der Waals surface area contributed by atoms with Crippen molar-refractivity contribution in [1.82, 2.24) is 14.7 Å². The minimum Gasteiger partial charge on any atom is -0.459 e. The normalized spacial score (nSPS) is 17.4. The molecule has 0 amide bonds. The Hall–Kier alpha value is -2.55. The van der Waals surface area contributed by atoms with E-state index in [4.69, 9.17) is 4.74 Å². The Labute approximate surface area is 167 Å². The fourth-order valence-electron chi connectivity index (χ4n) is 3.31. The highest BCUT2D eigenvalue weighted by Crippen LogP contribution is 2.34. The second-order valence-electron chi connectivity index (χ2n) is 8.18. The molecule has 0 saturated heterocycles. The molecule has 3 rings (SSSR count). The molecule has 0 radical (unpaired) electrons. The molecule has 0 spiro atoms. The monoisotopic (exact) mass is 410 g/mol. The lowest BCUT2D eigenvalue weighted by Gasteiger charge is -2.38. The summed E-state index contributed by atoms with van der Waals surface area (Å²) in [5.41, 5.74) is -0.619. The Morgan fingerprint density at radius 1 is 1.17 bits per heavy atom. The standard InChI is InChI=1S/C20H25F3N4O2/c1-19(2,3)29-18(28)13-25(4)16-11-26(17-9-10-24-27(17)12-16)15-7-5-14(6-8-15)20(21,22)23/h5-10,16H,11-13H2,1-4H3. The minimum absolute atomic E-state index is 0.0720. The van der Waals surface area contributed by atoms with E-state index in [1.807, 2.05) is 43.7 Å². The zero-order valence-corrected chi connectivity index (χ0v) is 16.9. The Balaban J connectivity index is 1.78. The number of esters is 1. The fourth-order valence-corrected chi connectivity index (χ4v) is 3.31. The van der Waals surface area contributed by atoms with Gasteiger partial charge in [-0.25, -0.2) is 4.68 Å². The van der Waals surface area contributed by atoms with Crippen LogP contribution in [0.4, 0.5) is 24.7 Å². The number of hydrogen-bond acceptors (Lipinski definition) is 5.